The Bertz CT molecular complexity index is 653. The first-order valence-electron chi connectivity index (χ1n) is 6.46. The number of rotatable bonds is 5. The molecule has 5 nitrogen and oxygen atoms in total. The van der Waals surface area contributed by atoms with Crippen LogP contribution in [0.3, 0.4) is 0 Å². The highest BCUT2D eigenvalue weighted by Crippen LogP contribution is 2.21. The van der Waals surface area contributed by atoms with Crippen molar-refractivity contribution in [2.24, 2.45) is 0 Å². The maximum Gasteiger partial charge on any atom is 0.337 e. The van der Waals surface area contributed by atoms with Crippen molar-refractivity contribution in [2.45, 2.75) is 12.8 Å². The molecule has 1 amide bonds. The summed E-state index contributed by atoms with van der Waals surface area (Å²) in [5, 5.41) is 20.9. The molecule has 0 unspecified atom stereocenters. The number of hydrogen-bond acceptors (Lipinski definition) is 3. The SMILES string of the molecule is O=C(CCc1ccccc1)Nc1ccc(O)cc1C(=O)O. The van der Waals surface area contributed by atoms with Crippen LogP contribution in [0, 0.1) is 0 Å². The average Bonchev–Trinajstić information content (AvgIpc) is 2.48. The van der Waals surface area contributed by atoms with Gasteiger partial charge in [0.15, 0.2) is 0 Å². The van der Waals surface area contributed by atoms with E-state index in [1.807, 2.05) is 30.3 Å². The Kier molecular flexibility index (Phi) is 4.56. The van der Waals surface area contributed by atoms with Crippen molar-refractivity contribution in [3.05, 3.63) is 59.7 Å². The molecule has 2 rings (SSSR count). The predicted octanol–water partition coefficient (Wildman–Crippen LogP) is 2.66. The lowest BCUT2D eigenvalue weighted by Crippen LogP contribution is -2.15. The molecule has 0 saturated carbocycles. The van der Waals surface area contributed by atoms with Crippen LogP contribution in [0.4, 0.5) is 5.69 Å². The Labute approximate surface area is 121 Å². The first-order valence-corrected chi connectivity index (χ1v) is 6.46. The lowest BCUT2D eigenvalue weighted by atomic mass is 10.1. The zero-order valence-electron chi connectivity index (χ0n) is 11.2. The fraction of sp³-hybridized carbons (Fsp3) is 0.125. The Morgan fingerprint density at radius 3 is 2.43 bits per heavy atom. The number of aromatic carboxylic acids is 1. The van der Waals surface area contributed by atoms with Crippen LogP contribution in [0.1, 0.15) is 22.3 Å². The molecule has 108 valence electrons. The molecule has 0 aliphatic carbocycles. The van der Waals surface area contributed by atoms with Crippen LogP contribution < -0.4 is 5.32 Å². The molecule has 0 fully saturated rings. The van der Waals surface area contributed by atoms with E-state index < -0.39 is 5.97 Å². The van der Waals surface area contributed by atoms with E-state index in [0.29, 0.717) is 6.42 Å². The van der Waals surface area contributed by atoms with Crippen molar-refractivity contribution in [1.29, 1.82) is 0 Å². The van der Waals surface area contributed by atoms with Gasteiger partial charge in [-0.15, -0.1) is 0 Å². The summed E-state index contributed by atoms with van der Waals surface area (Å²) in [7, 11) is 0. The summed E-state index contributed by atoms with van der Waals surface area (Å²) in [5.74, 6) is -1.63. The van der Waals surface area contributed by atoms with E-state index in [1.54, 1.807) is 0 Å². The number of amides is 1. The molecule has 0 bridgehead atoms. The molecule has 21 heavy (non-hydrogen) atoms. The number of anilines is 1. The smallest absolute Gasteiger partial charge is 0.337 e. The van der Waals surface area contributed by atoms with Crippen LogP contribution in [0.5, 0.6) is 5.75 Å². The molecule has 0 saturated heterocycles. The minimum absolute atomic E-state index is 0.136. The summed E-state index contributed by atoms with van der Waals surface area (Å²) in [5.41, 5.74) is 1.08. The molecule has 0 aliphatic rings. The molecule has 0 aliphatic heterocycles. The quantitative estimate of drug-likeness (QED) is 0.737. The number of carboxylic acid groups (broad SMARTS) is 1. The molecule has 0 atom stereocenters. The third-order valence-corrected chi connectivity index (χ3v) is 2.99. The summed E-state index contributed by atoms with van der Waals surface area (Å²) in [6, 6.07) is 13.4. The lowest BCUT2D eigenvalue weighted by molar-refractivity contribution is -0.116. The van der Waals surface area contributed by atoms with E-state index in [9.17, 15) is 14.7 Å². The Morgan fingerprint density at radius 1 is 1.05 bits per heavy atom. The molecule has 2 aromatic rings. The summed E-state index contributed by atoms with van der Waals surface area (Å²) < 4.78 is 0. The number of aryl methyl sites for hydroxylation is 1. The van der Waals surface area contributed by atoms with Gasteiger partial charge in [0.25, 0.3) is 0 Å². The normalized spacial score (nSPS) is 10.1. The zero-order chi connectivity index (χ0) is 15.2. The number of phenolic OH excluding ortho intramolecular Hbond substituents is 1. The van der Waals surface area contributed by atoms with Crippen LogP contribution in [-0.4, -0.2) is 22.1 Å². The molecular formula is C16H15NO4. The van der Waals surface area contributed by atoms with Crippen LogP contribution in [0.15, 0.2) is 48.5 Å². The Hall–Kier alpha value is -2.82. The topological polar surface area (TPSA) is 86.6 Å². The van der Waals surface area contributed by atoms with Crippen molar-refractivity contribution in [3.8, 4) is 5.75 Å². The van der Waals surface area contributed by atoms with E-state index in [1.165, 1.54) is 12.1 Å². The van der Waals surface area contributed by atoms with Crippen molar-refractivity contribution in [3.63, 3.8) is 0 Å². The number of hydrogen-bond donors (Lipinski definition) is 3. The maximum atomic E-state index is 11.9. The summed E-state index contributed by atoms with van der Waals surface area (Å²) in [4.78, 5) is 23.0. The van der Waals surface area contributed by atoms with Gasteiger partial charge >= 0.3 is 5.97 Å². The monoisotopic (exact) mass is 285 g/mol. The number of nitrogens with one attached hydrogen (secondary N) is 1. The van der Waals surface area contributed by atoms with Crippen LogP contribution >= 0.6 is 0 Å². The largest absolute Gasteiger partial charge is 0.508 e. The van der Waals surface area contributed by atoms with Gasteiger partial charge in [0, 0.05) is 6.42 Å². The molecule has 0 aromatic heterocycles. The van der Waals surface area contributed by atoms with Gasteiger partial charge < -0.3 is 15.5 Å². The second-order valence-electron chi connectivity index (χ2n) is 4.57. The molecule has 2 aromatic carbocycles. The minimum atomic E-state index is -1.20. The number of benzene rings is 2. The lowest BCUT2D eigenvalue weighted by Gasteiger charge is -2.09. The van der Waals surface area contributed by atoms with Crippen LogP contribution in [0.2, 0.25) is 0 Å². The summed E-state index contributed by atoms with van der Waals surface area (Å²) >= 11 is 0. The van der Waals surface area contributed by atoms with Gasteiger partial charge in [0.05, 0.1) is 11.3 Å². The van der Waals surface area contributed by atoms with Gasteiger partial charge in [0.1, 0.15) is 5.75 Å². The van der Waals surface area contributed by atoms with Crippen molar-refractivity contribution >= 4 is 17.6 Å². The maximum absolute atomic E-state index is 11.9. The number of phenols is 1. The third-order valence-electron chi connectivity index (χ3n) is 2.99. The van der Waals surface area contributed by atoms with Gasteiger partial charge in [-0.3, -0.25) is 4.79 Å². The van der Waals surface area contributed by atoms with E-state index in [0.717, 1.165) is 11.6 Å². The first-order chi connectivity index (χ1) is 10.1. The minimum Gasteiger partial charge on any atom is -0.508 e. The van der Waals surface area contributed by atoms with Crippen LogP contribution in [0.25, 0.3) is 0 Å². The fourth-order valence-corrected chi connectivity index (χ4v) is 1.93. The third kappa shape index (κ3) is 4.07. The Balaban J connectivity index is 2.01. The van der Waals surface area contributed by atoms with E-state index in [2.05, 4.69) is 5.32 Å². The average molecular weight is 285 g/mol. The highest BCUT2D eigenvalue weighted by atomic mass is 16.4. The molecule has 0 heterocycles. The molecule has 0 radical (unpaired) electrons. The van der Waals surface area contributed by atoms with Gasteiger partial charge in [-0.2, -0.15) is 0 Å². The Morgan fingerprint density at radius 2 is 1.76 bits per heavy atom. The van der Waals surface area contributed by atoms with Crippen molar-refractivity contribution < 1.29 is 19.8 Å². The second-order valence-corrected chi connectivity index (χ2v) is 4.57. The molecule has 0 spiro atoms. The van der Waals surface area contributed by atoms with E-state index >= 15 is 0 Å². The van der Waals surface area contributed by atoms with Gasteiger partial charge in [0.2, 0.25) is 5.91 Å². The summed E-state index contributed by atoms with van der Waals surface area (Å²) in [6.07, 6.45) is 0.830. The summed E-state index contributed by atoms with van der Waals surface area (Å²) in [6.45, 7) is 0. The van der Waals surface area contributed by atoms with E-state index in [-0.39, 0.29) is 29.3 Å². The molecular weight excluding hydrogens is 270 g/mol. The van der Waals surface area contributed by atoms with Gasteiger partial charge in [-0.1, -0.05) is 30.3 Å². The number of carboxylic acids is 1. The van der Waals surface area contributed by atoms with Gasteiger partial charge in [-0.05, 0) is 30.2 Å². The highest BCUT2D eigenvalue weighted by Gasteiger charge is 2.13. The molecule has 5 heteroatoms. The van der Waals surface area contributed by atoms with Crippen molar-refractivity contribution in [1.82, 2.24) is 0 Å². The fourth-order valence-electron chi connectivity index (χ4n) is 1.93. The highest BCUT2D eigenvalue weighted by molar-refractivity contribution is 6.00. The van der Waals surface area contributed by atoms with Gasteiger partial charge in [-0.25, -0.2) is 4.79 Å². The molecule has 3 N–H and O–H groups in total. The standard InChI is InChI=1S/C16H15NO4/c18-12-7-8-14(13(10-12)16(20)21)17-15(19)9-6-11-4-2-1-3-5-11/h1-5,7-8,10,18H,6,9H2,(H,17,19)(H,20,21). The second kappa shape index (κ2) is 6.56. The number of carbonyl (C=O) groups excluding carboxylic acids is 1. The van der Waals surface area contributed by atoms with Crippen LogP contribution in [-0.2, 0) is 11.2 Å². The first kappa shape index (κ1) is 14.6. The predicted molar refractivity (Wildman–Crippen MR) is 78.5 cm³/mol. The number of aromatic hydroxyl groups is 1. The number of carbonyl (C=O) groups is 2. The van der Waals surface area contributed by atoms with Crippen molar-refractivity contribution in [2.75, 3.05) is 5.32 Å². The zero-order valence-corrected chi connectivity index (χ0v) is 11.2. The van der Waals surface area contributed by atoms with E-state index in [4.69, 9.17) is 5.11 Å².